The van der Waals surface area contributed by atoms with Gasteiger partial charge in [-0.05, 0) is 90.4 Å². The van der Waals surface area contributed by atoms with E-state index in [1.165, 1.54) is 5.56 Å². The number of nitrogens with zero attached hydrogens (tertiary/aromatic N) is 1. The number of halogens is 1. The molecule has 5 nitrogen and oxygen atoms in total. The van der Waals surface area contributed by atoms with E-state index < -0.39 is 0 Å². The molecule has 0 radical (unpaired) electrons. The van der Waals surface area contributed by atoms with Gasteiger partial charge in [0, 0.05) is 11.9 Å². The Kier molecular flexibility index (Phi) is 7.68. The van der Waals surface area contributed by atoms with Crippen LogP contribution in [0.3, 0.4) is 0 Å². The number of aliphatic imine (C=N–C) groups is 1. The van der Waals surface area contributed by atoms with Crippen LogP contribution >= 0.6 is 22.6 Å². The number of hydrogen-bond donors (Lipinski definition) is 1. The second-order valence-electron chi connectivity index (χ2n) is 7.29. The molecule has 6 heteroatoms. The first-order valence-electron chi connectivity index (χ1n) is 9.84. The Bertz CT molecular complexity index is 1130. The summed E-state index contributed by atoms with van der Waals surface area (Å²) in [4.78, 5) is 16.9. The minimum atomic E-state index is -0.232. The van der Waals surface area contributed by atoms with Crippen LogP contribution in [0.5, 0.6) is 11.5 Å². The van der Waals surface area contributed by atoms with Gasteiger partial charge in [-0.1, -0.05) is 29.8 Å². The number of amides is 1. The smallest absolute Gasteiger partial charge is 0.262 e. The molecule has 160 valence electrons. The number of methoxy groups -OCH3 is 1. The van der Waals surface area contributed by atoms with E-state index in [0.29, 0.717) is 11.5 Å². The van der Waals surface area contributed by atoms with Crippen molar-refractivity contribution >= 4 is 46.1 Å². The molecule has 0 heterocycles. The SMILES string of the molecule is COc1cc(C=Nc2ccc(C)cc2C)cc(I)c1OCC(=O)Nc1cccc(C)c1. The van der Waals surface area contributed by atoms with Crippen molar-refractivity contribution in [3.05, 3.63) is 80.4 Å². The van der Waals surface area contributed by atoms with Gasteiger partial charge in [0.15, 0.2) is 18.1 Å². The lowest BCUT2D eigenvalue weighted by Crippen LogP contribution is -2.20. The molecule has 0 saturated carbocycles. The Labute approximate surface area is 196 Å². The van der Waals surface area contributed by atoms with Crippen LogP contribution in [-0.4, -0.2) is 25.8 Å². The minimum Gasteiger partial charge on any atom is -0.493 e. The van der Waals surface area contributed by atoms with Gasteiger partial charge in [0.1, 0.15) is 0 Å². The third kappa shape index (κ3) is 6.30. The quantitative estimate of drug-likeness (QED) is 0.303. The molecule has 0 spiro atoms. The predicted octanol–water partition coefficient (Wildman–Crippen LogP) is 5.99. The Hall–Kier alpha value is -2.87. The first kappa shape index (κ1) is 22.8. The number of hydrogen-bond acceptors (Lipinski definition) is 4. The van der Waals surface area contributed by atoms with E-state index >= 15 is 0 Å². The standard InChI is InChI=1S/C25H25IN2O3/c1-16-6-5-7-20(11-16)28-24(29)15-31-25-21(26)12-19(13-23(25)30-4)14-27-22-9-8-17(2)10-18(22)3/h5-14H,15H2,1-4H3,(H,28,29). The molecule has 1 amide bonds. The van der Waals surface area contributed by atoms with Crippen molar-refractivity contribution < 1.29 is 14.3 Å². The van der Waals surface area contributed by atoms with E-state index in [0.717, 1.165) is 31.6 Å². The number of anilines is 1. The Morgan fingerprint density at radius 3 is 2.55 bits per heavy atom. The summed E-state index contributed by atoms with van der Waals surface area (Å²) in [7, 11) is 1.58. The molecule has 0 aromatic heterocycles. The highest BCUT2D eigenvalue weighted by molar-refractivity contribution is 14.1. The number of carbonyl (C=O) groups is 1. The maximum atomic E-state index is 12.3. The van der Waals surface area contributed by atoms with E-state index in [9.17, 15) is 4.79 Å². The lowest BCUT2D eigenvalue weighted by Gasteiger charge is -2.13. The van der Waals surface area contributed by atoms with Crippen molar-refractivity contribution in [2.45, 2.75) is 20.8 Å². The van der Waals surface area contributed by atoms with E-state index in [-0.39, 0.29) is 12.5 Å². The van der Waals surface area contributed by atoms with Crippen LogP contribution in [0, 0.1) is 24.3 Å². The zero-order valence-electron chi connectivity index (χ0n) is 18.0. The first-order valence-corrected chi connectivity index (χ1v) is 10.9. The molecule has 3 rings (SSSR count). The van der Waals surface area contributed by atoms with Crippen LogP contribution in [-0.2, 0) is 4.79 Å². The molecule has 0 unspecified atom stereocenters. The highest BCUT2D eigenvalue weighted by atomic mass is 127. The molecule has 1 N–H and O–H groups in total. The molecule has 3 aromatic carbocycles. The monoisotopic (exact) mass is 528 g/mol. The number of benzene rings is 3. The number of nitrogens with one attached hydrogen (secondary N) is 1. The van der Waals surface area contributed by atoms with Gasteiger partial charge < -0.3 is 14.8 Å². The van der Waals surface area contributed by atoms with Crippen molar-refractivity contribution in [3.63, 3.8) is 0 Å². The molecule has 0 aliphatic heterocycles. The number of aryl methyl sites for hydroxylation is 3. The average molecular weight is 528 g/mol. The van der Waals surface area contributed by atoms with Crippen LogP contribution in [0.15, 0.2) is 59.6 Å². The number of rotatable bonds is 7. The van der Waals surface area contributed by atoms with E-state index in [1.807, 2.05) is 62.4 Å². The fourth-order valence-electron chi connectivity index (χ4n) is 3.11. The third-order valence-electron chi connectivity index (χ3n) is 4.61. The van der Waals surface area contributed by atoms with Gasteiger partial charge in [0.05, 0.1) is 16.4 Å². The predicted molar refractivity (Wildman–Crippen MR) is 134 cm³/mol. The summed E-state index contributed by atoms with van der Waals surface area (Å²) < 4.78 is 12.1. The van der Waals surface area contributed by atoms with E-state index in [2.05, 4.69) is 45.9 Å². The van der Waals surface area contributed by atoms with Crippen LogP contribution in [0.2, 0.25) is 0 Å². The molecular weight excluding hydrogens is 503 g/mol. The van der Waals surface area contributed by atoms with Crippen molar-refractivity contribution in [2.24, 2.45) is 4.99 Å². The van der Waals surface area contributed by atoms with Gasteiger partial charge >= 0.3 is 0 Å². The van der Waals surface area contributed by atoms with Crippen molar-refractivity contribution in [2.75, 3.05) is 19.0 Å². The fourth-order valence-corrected chi connectivity index (χ4v) is 3.89. The van der Waals surface area contributed by atoms with Crippen LogP contribution in [0.4, 0.5) is 11.4 Å². The zero-order chi connectivity index (χ0) is 22.4. The van der Waals surface area contributed by atoms with Crippen molar-refractivity contribution in [1.82, 2.24) is 0 Å². The summed E-state index contributed by atoms with van der Waals surface area (Å²) in [6.45, 7) is 5.97. The molecule has 0 atom stereocenters. The number of carbonyl (C=O) groups excluding carboxylic acids is 1. The van der Waals surface area contributed by atoms with Crippen LogP contribution in [0.25, 0.3) is 0 Å². The topological polar surface area (TPSA) is 59.9 Å². The second-order valence-corrected chi connectivity index (χ2v) is 8.45. The summed E-state index contributed by atoms with van der Waals surface area (Å²) in [5, 5.41) is 2.84. The minimum absolute atomic E-state index is 0.115. The van der Waals surface area contributed by atoms with Crippen molar-refractivity contribution in [1.29, 1.82) is 0 Å². The van der Waals surface area contributed by atoms with Gasteiger partial charge in [0.2, 0.25) is 0 Å². The molecule has 0 aliphatic rings. The molecule has 0 fully saturated rings. The summed E-state index contributed by atoms with van der Waals surface area (Å²) in [6, 6.07) is 17.6. The third-order valence-corrected chi connectivity index (χ3v) is 5.41. The Balaban J connectivity index is 1.71. The summed E-state index contributed by atoms with van der Waals surface area (Å²) in [5.74, 6) is 0.854. The molecule has 0 aliphatic carbocycles. The molecule has 3 aromatic rings. The molecule has 31 heavy (non-hydrogen) atoms. The van der Waals surface area contributed by atoms with Crippen molar-refractivity contribution in [3.8, 4) is 11.5 Å². The maximum absolute atomic E-state index is 12.3. The lowest BCUT2D eigenvalue weighted by molar-refractivity contribution is -0.118. The van der Waals surface area contributed by atoms with Crippen LogP contribution < -0.4 is 14.8 Å². The summed E-state index contributed by atoms with van der Waals surface area (Å²) >= 11 is 2.18. The summed E-state index contributed by atoms with van der Waals surface area (Å²) in [5.41, 5.74) is 5.96. The number of ether oxygens (including phenoxy) is 2. The molecular formula is C25H25IN2O3. The molecule has 0 saturated heterocycles. The van der Waals surface area contributed by atoms with E-state index in [4.69, 9.17) is 9.47 Å². The lowest BCUT2D eigenvalue weighted by atomic mass is 10.1. The van der Waals surface area contributed by atoms with Crippen LogP contribution in [0.1, 0.15) is 22.3 Å². The Morgan fingerprint density at radius 2 is 1.84 bits per heavy atom. The zero-order valence-corrected chi connectivity index (χ0v) is 20.2. The van der Waals surface area contributed by atoms with Gasteiger partial charge in [-0.15, -0.1) is 0 Å². The largest absolute Gasteiger partial charge is 0.493 e. The van der Waals surface area contributed by atoms with Gasteiger partial charge in [0.25, 0.3) is 5.91 Å². The van der Waals surface area contributed by atoms with Gasteiger partial charge in [-0.3, -0.25) is 9.79 Å². The summed E-state index contributed by atoms with van der Waals surface area (Å²) in [6.07, 6.45) is 1.80. The average Bonchev–Trinajstić information content (AvgIpc) is 2.72. The fraction of sp³-hybridized carbons (Fsp3) is 0.200. The second kappa shape index (κ2) is 10.4. The normalized spacial score (nSPS) is 10.9. The highest BCUT2D eigenvalue weighted by Crippen LogP contribution is 2.34. The first-order chi connectivity index (χ1) is 14.9. The highest BCUT2D eigenvalue weighted by Gasteiger charge is 2.13. The van der Waals surface area contributed by atoms with Gasteiger partial charge in [-0.2, -0.15) is 0 Å². The Morgan fingerprint density at radius 1 is 1.06 bits per heavy atom. The molecule has 0 bridgehead atoms. The van der Waals surface area contributed by atoms with E-state index in [1.54, 1.807) is 13.3 Å². The maximum Gasteiger partial charge on any atom is 0.262 e. The van der Waals surface area contributed by atoms with Gasteiger partial charge in [-0.25, -0.2) is 0 Å².